The molecule has 7 heavy (non-hydrogen) atoms. The summed E-state index contributed by atoms with van der Waals surface area (Å²) < 4.78 is 0. The van der Waals surface area contributed by atoms with E-state index in [1.807, 2.05) is 0 Å². The first-order valence-corrected chi connectivity index (χ1v) is 1.64. The van der Waals surface area contributed by atoms with Crippen molar-refractivity contribution in [3.8, 4) is 6.07 Å². The predicted molar refractivity (Wildman–Crippen MR) is 23.6 cm³/mol. The van der Waals surface area contributed by atoms with Crippen LogP contribution in [0, 0.1) is 11.3 Å². The number of nitrogens with zero attached hydrogens (tertiary/aromatic N) is 2. The van der Waals surface area contributed by atoms with E-state index in [0.29, 0.717) is 0 Å². The van der Waals surface area contributed by atoms with E-state index in [2.05, 4.69) is 5.16 Å². The molecule has 0 unspecified atom stereocenters. The van der Waals surface area contributed by atoms with Crippen LogP contribution in [0.2, 0.25) is 0 Å². The summed E-state index contributed by atoms with van der Waals surface area (Å²) in [5.74, 6) is -0.0532. The van der Waals surface area contributed by atoms with Crippen LogP contribution in [0.5, 0.6) is 0 Å². The molecule has 3 N–H and O–H groups in total. The molecule has 4 heteroatoms. The molecule has 0 fully saturated rings. The van der Waals surface area contributed by atoms with Gasteiger partial charge in [0.1, 0.15) is 0 Å². The van der Waals surface area contributed by atoms with Gasteiger partial charge in [-0.05, 0) is 0 Å². The third kappa shape index (κ3) is 2.56. The molecule has 0 saturated carbocycles. The van der Waals surface area contributed by atoms with Gasteiger partial charge in [-0.3, -0.25) is 0 Å². The van der Waals surface area contributed by atoms with Crippen molar-refractivity contribution in [2.24, 2.45) is 10.9 Å². The Morgan fingerprint density at radius 1 is 2.00 bits per heavy atom. The minimum atomic E-state index is -0.0532. The first-order chi connectivity index (χ1) is 3.31. The van der Waals surface area contributed by atoms with Crippen molar-refractivity contribution in [2.75, 3.05) is 0 Å². The molecule has 4 nitrogen and oxygen atoms in total. The Morgan fingerprint density at radius 3 is 2.71 bits per heavy atom. The molecule has 0 atom stereocenters. The zero-order valence-electron chi connectivity index (χ0n) is 3.63. The summed E-state index contributed by atoms with van der Waals surface area (Å²) in [6.45, 7) is 0. The molecule has 0 heterocycles. The molecule has 0 amide bonds. The number of nitrogens with two attached hydrogens (primary N) is 1. The topological polar surface area (TPSA) is 82.4 Å². The molecule has 0 aromatic heterocycles. The van der Waals surface area contributed by atoms with Crippen LogP contribution >= 0.6 is 0 Å². The Balaban J connectivity index is 3.43. The summed E-state index contributed by atoms with van der Waals surface area (Å²) in [7, 11) is 0. The van der Waals surface area contributed by atoms with Crippen LogP contribution in [-0.4, -0.2) is 11.0 Å². The van der Waals surface area contributed by atoms with E-state index in [4.69, 9.17) is 16.2 Å². The summed E-state index contributed by atoms with van der Waals surface area (Å²) in [5, 5.41) is 18.2. The average Bonchev–Trinajstić information content (AvgIpc) is 1.68. The minimum absolute atomic E-state index is 0.0174. The molecule has 0 aliphatic heterocycles. The summed E-state index contributed by atoms with van der Waals surface area (Å²) >= 11 is 0. The van der Waals surface area contributed by atoms with E-state index in [0.717, 1.165) is 0 Å². The summed E-state index contributed by atoms with van der Waals surface area (Å²) in [4.78, 5) is 0. The first kappa shape index (κ1) is 5.76. The molecule has 0 aromatic carbocycles. The second-order valence-electron chi connectivity index (χ2n) is 0.926. The van der Waals surface area contributed by atoms with Crippen LogP contribution in [0.1, 0.15) is 6.42 Å². The van der Waals surface area contributed by atoms with Crippen LogP contribution in [-0.2, 0) is 0 Å². The lowest BCUT2D eigenvalue weighted by molar-refractivity contribution is 0.317. The molecule has 0 aromatic rings. The monoisotopic (exact) mass is 99.0 g/mol. The van der Waals surface area contributed by atoms with Crippen molar-refractivity contribution in [1.82, 2.24) is 0 Å². The third-order valence-corrected chi connectivity index (χ3v) is 0.389. The van der Waals surface area contributed by atoms with Gasteiger partial charge in [-0.2, -0.15) is 5.26 Å². The maximum Gasteiger partial charge on any atom is 0.153 e. The molecule has 0 bridgehead atoms. The first-order valence-electron chi connectivity index (χ1n) is 1.64. The zero-order valence-corrected chi connectivity index (χ0v) is 3.63. The Bertz CT molecular complexity index is 112. The van der Waals surface area contributed by atoms with E-state index in [9.17, 15) is 0 Å². The van der Waals surface area contributed by atoms with Crippen LogP contribution in [0.25, 0.3) is 0 Å². The molecular formula is C3H5N3O. The largest absolute Gasteiger partial charge is 0.409 e. The van der Waals surface area contributed by atoms with Gasteiger partial charge in [0.05, 0.1) is 12.5 Å². The van der Waals surface area contributed by atoms with Crippen LogP contribution < -0.4 is 5.73 Å². The molecule has 0 aliphatic rings. The lowest BCUT2D eigenvalue weighted by atomic mass is 10.4. The van der Waals surface area contributed by atoms with Crippen LogP contribution in [0.15, 0.2) is 5.16 Å². The lowest BCUT2D eigenvalue weighted by Gasteiger charge is -1.81. The van der Waals surface area contributed by atoms with Gasteiger partial charge in [0, 0.05) is 0 Å². The Hall–Kier alpha value is -1.24. The van der Waals surface area contributed by atoms with Crippen molar-refractivity contribution in [2.45, 2.75) is 6.42 Å². The van der Waals surface area contributed by atoms with Crippen molar-refractivity contribution in [3.63, 3.8) is 0 Å². The van der Waals surface area contributed by atoms with Gasteiger partial charge in [0.15, 0.2) is 5.84 Å². The number of oxime groups is 1. The minimum Gasteiger partial charge on any atom is -0.409 e. The van der Waals surface area contributed by atoms with Crippen LogP contribution in [0.4, 0.5) is 0 Å². The second kappa shape index (κ2) is 2.97. The summed E-state index contributed by atoms with van der Waals surface area (Å²) in [5.41, 5.74) is 4.86. The van der Waals surface area contributed by atoms with Crippen LogP contribution in [0.3, 0.4) is 0 Å². The van der Waals surface area contributed by atoms with E-state index in [1.165, 1.54) is 0 Å². The standard InChI is InChI=1S/C3H5N3O/c4-2-1-3(5)6-7/h7H,1H2,(H2,5,6). The van der Waals surface area contributed by atoms with Gasteiger partial charge >= 0.3 is 0 Å². The van der Waals surface area contributed by atoms with Gasteiger partial charge in [0.25, 0.3) is 0 Å². The number of amidine groups is 1. The highest BCUT2D eigenvalue weighted by molar-refractivity contribution is 5.81. The second-order valence-corrected chi connectivity index (χ2v) is 0.926. The van der Waals surface area contributed by atoms with Gasteiger partial charge in [-0.1, -0.05) is 5.16 Å². The molecule has 0 radical (unpaired) electrons. The van der Waals surface area contributed by atoms with Gasteiger partial charge < -0.3 is 10.9 Å². The number of hydrogen-bond acceptors (Lipinski definition) is 3. The Kier molecular flexibility index (Phi) is 2.44. The molecule has 0 aliphatic carbocycles. The Labute approximate surface area is 40.8 Å². The number of hydrogen-bond donors (Lipinski definition) is 2. The fourth-order valence-electron chi connectivity index (χ4n) is 0.116. The maximum atomic E-state index is 7.85. The van der Waals surface area contributed by atoms with Gasteiger partial charge in [-0.25, -0.2) is 0 Å². The third-order valence-electron chi connectivity index (χ3n) is 0.389. The number of nitriles is 1. The normalized spacial score (nSPS) is 10.4. The smallest absolute Gasteiger partial charge is 0.153 e. The Morgan fingerprint density at radius 2 is 2.57 bits per heavy atom. The predicted octanol–water partition coefficient (Wildman–Crippen LogP) is -0.354. The lowest BCUT2D eigenvalue weighted by Crippen LogP contribution is -2.09. The van der Waals surface area contributed by atoms with Crippen molar-refractivity contribution in [3.05, 3.63) is 0 Å². The highest BCUT2D eigenvalue weighted by Gasteiger charge is 1.84. The average molecular weight is 99.1 g/mol. The van der Waals surface area contributed by atoms with Crippen molar-refractivity contribution >= 4 is 5.84 Å². The highest BCUT2D eigenvalue weighted by Crippen LogP contribution is 1.70. The molecule has 0 spiro atoms. The van der Waals surface area contributed by atoms with Gasteiger partial charge in [0.2, 0.25) is 0 Å². The molecular weight excluding hydrogens is 94.1 g/mol. The fraction of sp³-hybridized carbons (Fsp3) is 0.333. The van der Waals surface area contributed by atoms with Crippen molar-refractivity contribution < 1.29 is 5.21 Å². The van der Waals surface area contributed by atoms with E-state index >= 15 is 0 Å². The molecule has 0 rings (SSSR count). The number of rotatable bonds is 1. The molecule has 0 saturated heterocycles. The maximum absolute atomic E-state index is 7.85. The van der Waals surface area contributed by atoms with E-state index in [1.54, 1.807) is 6.07 Å². The van der Waals surface area contributed by atoms with Crippen molar-refractivity contribution in [1.29, 1.82) is 5.26 Å². The highest BCUT2D eigenvalue weighted by atomic mass is 16.4. The quantitative estimate of drug-likeness (QED) is 0.204. The van der Waals surface area contributed by atoms with E-state index in [-0.39, 0.29) is 12.3 Å². The van der Waals surface area contributed by atoms with E-state index < -0.39 is 0 Å². The summed E-state index contributed by atoms with van der Waals surface area (Å²) in [6, 6.07) is 1.70. The molecule has 38 valence electrons. The van der Waals surface area contributed by atoms with Gasteiger partial charge in [-0.15, -0.1) is 0 Å². The summed E-state index contributed by atoms with van der Waals surface area (Å²) in [6.07, 6.45) is -0.0174. The zero-order chi connectivity index (χ0) is 5.70. The fourth-order valence-corrected chi connectivity index (χ4v) is 0.116. The SMILES string of the molecule is N#CCC(N)=NO.